The largest absolute Gasteiger partial charge is 0.508 e. The van der Waals surface area contributed by atoms with Crippen molar-refractivity contribution in [3.63, 3.8) is 0 Å². The van der Waals surface area contributed by atoms with Crippen molar-refractivity contribution < 1.29 is 19.4 Å². The van der Waals surface area contributed by atoms with Crippen molar-refractivity contribution in [2.24, 2.45) is 0 Å². The van der Waals surface area contributed by atoms with Crippen LogP contribution in [0.4, 0.5) is 4.79 Å². The highest BCUT2D eigenvalue weighted by Gasteiger charge is 2.41. The zero-order valence-corrected chi connectivity index (χ0v) is 21.2. The molecule has 2 aromatic rings. The number of hydrogen-bond donors (Lipinski definition) is 2. The van der Waals surface area contributed by atoms with E-state index in [1.54, 1.807) is 24.3 Å². The highest BCUT2D eigenvalue weighted by atomic mass is 16.5. The van der Waals surface area contributed by atoms with Crippen molar-refractivity contribution in [2.45, 2.75) is 69.4 Å². The number of nitrogens with one attached hydrogen (secondary N) is 1. The van der Waals surface area contributed by atoms with E-state index in [2.05, 4.69) is 16.3 Å². The summed E-state index contributed by atoms with van der Waals surface area (Å²) in [5.74, 6) is 0.908. The fourth-order valence-corrected chi connectivity index (χ4v) is 5.82. The van der Waals surface area contributed by atoms with Crippen LogP contribution < -0.4 is 10.1 Å². The zero-order chi connectivity index (χ0) is 25.6. The second-order valence-corrected chi connectivity index (χ2v) is 10.3. The quantitative estimate of drug-likeness (QED) is 0.547. The molecule has 2 aromatic carbocycles. The first-order valence-electron chi connectivity index (χ1n) is 13.5. The second kappa shape index (κ2) is 11.8. The average molecular weight is 505 g/mol. The number of piperazine rings is 1. The number of phenolic OH excluding ortho intramolecular Hbond substituents is 1. The molecule has 4 atom stereocenters. The van der Waals surface area contributed by atoms with E-state index >= 15 is 0 Å². The lowest BCUT2D eigenvalue weighted by atomic mass is 10.0. The predicted molar refractivity (Wildman–Crippen MR) is 139 cm³/mol. The monoisotopic (exact) mass is 504 g/mol. The van der Waals surface area contributed by atoms with Crippen molar-refractivity contribution in [3.05, 3.63) is 59.7 Å². The van der Waals surface area contributed by atoms with Gasteiger partial charge in [0.25, 0.3) is 0 Å². The Morgan fingerprint density at radius 1 is 1.08 bits per heavy atom. The third-order valence-electron chi connectivity index (χ3n) is 7.79. The molecule has 0 aliphatic carbocycles. The molecule has 2 amide bonds. The fraction of sp³-hybridized carbons (Fsp3) is 0.517. The summed E-state index contributed by atoms with van der Waals surface area (Å²) >= 11 is 0. The molecular formula is C29H36N4O4. The first-order valence-corrected chi connectivity index (χ1v) is 13.5. The minimum Gasteiger partial charge on any atom is -0.508 e. The van der Waals surface area contributed by atoms with Gasteiger partial charge in [0, 0.05) is 31.8 Å². The number of likely N-dealkylation sites (tertiary alicyclic amines) is 1. The lowest BCUT2D eigenvalue weighted by Gasteiger charge is -2.41. The summed E-state index contributed by atoms with van der Waals surface area (Å²) < 4.78 is 12.0. The van der Waals surface area contributed by atoms with E-state index in [9.17, 15) is 9.90 Å². The molecule has 0 aromatic heterocycles. The van der Waals surface area contributed by atoms with Crippen LogP contribution in [0.2, 0.25) is 0 Å². The Kier molecular flexibility index (Phi) is 8.12. The van der Waals surface area contributed by atoms with Gasteiger partial charge in [0.15, 0.2) is 0 Å². The summed E-state index contributed by atoms with van der Waals surface area (Å²) in [5.41, 5.74) is 1.65. The molecule has 0 spiro atoms. The van der Waals surface area contributed by atoms with Crippen LogP contribution in [-0.2, 0) is 4.74 Å². The Bertz CT molecular complexity index is 1060. The summed E-state index contributed by atoms with van der Waals surface area (Å²) in [7, 11) is 0. The maximum Gasteiger partial charge on any atom is 0.319 e. The zero-order valence-electron chi connectivity index (χ0n) is 21.2. The number of carbonyl (C=O) groups excluding carboxylic acids is 1. The van der Waals surface area contributed by atoms with E-state index in [1.807, 2.05) is 29.2 Å². The van der Waals surface area contributed by atoms with Crippen LogP contribution >= 0.6 is 0 Å². The van der Waals surface area contributed by atoms with Crippen molar-refractivity contribution in [2.75, 3.05) is 26.2 Å². The summed E-state index contributed by atoms with van der Waals surface area (Å²) in [6.07, 6.45) is 6.79. The summed E-state index contributed by atoms with van der Waals surface area (Å²) in [5, 5.41) is 21.9. The Labute approximate surface area is 218 Å². The summed E-state index contributed by atoms with van der Waals surface area (Å²) in [6.45, 7) is 3.21. The Morgan fingerprint density at radius 2 is 1.81 bits per heavy atom. The van der Waals surface area contributed by atoms with Crippen molar-refractivity contribution >= 4 is 6.03 Å². The Morgan fingerprint density at radius 3 is 2.46 bits per heavy atom. The van der Waals surface area contributed by atoms with Gasteiger partial charge in [-0.25, -0.2) is 4.79 Å². The lowest BCUT2D eigenvalue weighted by molar-refractivity contribution is -0.00394. The number of nitrogens with zero attached hydrogens (tertiary/aromatic N) is 3. The number of amides is 2. The van der Waals surface area contributed by atoms with Crippen molar-refractivity contribution in [3.8, 4) is 17.6 Å². The van der Waals surface area contributed by atoms with E-state index < -0.39 is 0 Å². The van der Waals surface area contributed by atoms with E-state index in [0.717, 1.165) is 76.8 Å². The molecule has 196 valence electrons. The van der Waals surface area contributed by atoms with Crippen LogP contribution in [-0.4, -0.2) is 65.5 Å². The number of rotatable bonds is 8. The fourth-order valence-electron chi connectivity index (χ4n) is 5.82. The molecule has 2 bridgehead atoms. The number of nitriles is 1. The molecular weight excluding hydrogens is 468 g/mol. The van der Waals surface area contributed by atoms with E-state index in [-0.39, 0.29) is 24.1 Å². The summed E-state index contributed by atoms with van der Waals surface area (Å²) in [4.78, 5) is 17.4. The molecule has 5 rings (SSSR count). The smallest absolute Gasteiger partial charge is 0.319 e. The standard InChI is InChI=1S/C29H36N4O4/c30-18-21-6-8-22(9-7-21)27(37-26-14-12-25(34)13-15-26)4-3-16-33-23-10-11-24(33)20-32(19-23)29(35)31-28-5-1-2-17-36-28/h6-9,12-15,23-24,27-28,34H,1-5,10-11,16-17,19-20H2,(H,31,35). The van der Waals surface area contributed by atoms with Crippen LogP contribution in [0.25, 0.3) is 0 Å². The van der Waals surface area contributed by atoms with Gasteiger partial charge < -0.3 is 24.8 Å². The number of phenols is 1. The Hall–Kier alpha value is -3.28. The van der Waals surface area contributed by atoms with Gasteiger partial charge in [-0.3, -0.25) is 4.90 Å². The minimum absolute atomic E-state index is 0.00614. The topological polar surface area (TPSA) is 98.1 Å². The SMILES string of the molecule is N#Cc1ccc(C(CCCN2C3CCC2CN(C(=O)NC2CCCCO2)C3)Oc2ccc(O)cc2)cc1. The molecule has 0 saturated carbocycles. The first-order chi connectivity index (χ1) is 18.1. The molecule has 8 nitrogen and oxygen atoms in total. The van der Waals surface area contributed by atoms with Crippen LogP contribution in [0.15, 0.2) is 48.5 Å². The van der Waals surface area contributed by atoms with Gasteiger partial charge in [-0.1, -0.05) is 12.1 Å². The third kappa shape index (κ3) is 6.35. The van der Waals surface area contributed by atoms with Crippen LogP contribution in [0.3, 0.4) is 0 Å². The lowest BCUT2D eigenvalue weighted by Crippen LogP contribution is -2.58. The van der Waals surface area contributed by atoms with Crippen LogP contribution in [0.1, 0.15) is 62.2 Å². The van der Waals surface area contributed by atoms with Crippen LogP contribution in [0, 0.1) is 11.3 Å². The molecule has 3 aliphatic rings. The molecule has 3 aliphatic heterocycles. The summed E-state index contributed by atoms with van der Waals surface area (Å²) in [6, 6.07) is 17.3. The van der Waals surface area contributed by atoms with Crippen LogP contribution in [0.5, 0.6) is 11.5 Å². The van der Waals surface area contributed by atoms with Gasteiger partial charge in [0.05, 0.1) is 11.6 Å². The minimum atomic E-state index is -0.155. The maximum atomic E-state index is 12.9. The van der Waals surface area contributed by atoms with E-state index in [4.69, 9.17) is 14.7 Å². The molecule has 37 heavy (non-hydrogen) atoms. The third-order valence-corrected chi connectivity index (χ3v) is 7.79. The predicted octanol–water partition coefficient (Wildman–Crippen LogP) is 4.55. The van der Waals surface area contributed by atoms with E-state index in [0.29, 0.717) is 23.4 Å². The van der Waals surface area contributed by atoms with Gasteiger partial charge in [0.2, 0.25) is 0 Å². The number of hydrogen-bond acceptors (Lipinski definition) is 6. The molecule has 0 radical (unpaired) electrons. The molecule has 2 N–H and O–H groups in total. The molecule has 3 heterocycles. The number of carbonyl (C=O) groups is 1. The van der Waals surface area contributed by atoms with Gasteiger partial charge in [-0.15, -0.1) is 0 Å². The van der Waals surface area contributed by atoms with Gasteiger partial charge >= 0.3 is 6.03 Å². The molecule has 3 saturated heterocycles. The van der Waals surface area contributed by atoms with Gasteiger partial charge in [0.1, 0.15) is 23.8 Å². The molecule has 3 fully saturated rings. The highest BCUT2D eigenvalue weighted by Crippen LogP contribution is 2.32. The molecule has 4 unspecified atom stereocenters. The number of fused-ring (bicyclic) bond motifs is 2. The average Bonchev–Trinajstić information content (AvgIpc) is 3.15. The number of aromatic hydroxyl groups is 1. The highest BCUT2D eigenvalue weighted by molar-refractivity contribution is 5.74. The maximum absolute atomic E-state index is 12.9. The number of urea groups is 1. The van der Waals surface area contributed by atoms with Gasteiger partial charge in [-0.05, 0) is 93.5 Å². The normalized spacial score (nSPS) is 24.3. The number of ether oxygens (including phenoxy) is 2. The van der Waals surface area contributed by atoms with Crippen molar-refractivity contribution in [1.29, 1.82) is 5.26 Å². The van der Waals surface area contributed by atoms with Crippen molar-refractivity contribution in [1.82, 2.24) is 15.1 Å². The number of benzene rings is 2. The Balaban J connectivity index is 1.17. The second-order valence-electron chi connectivity index (χ2n) is 10.3. The van der Waals surface area contributed by atoms with E-state index in [1.165, 1.54) is 0 Å². The molecule has 8 heteroatoms. The first kappa shape index (κ1) is 25.4. The van der Waals surface area contributed by atoms with Gasteiger partial charge in [-0.2, -0.15) is 5.26 Å².